The third kappa shape index (κ3) is 2.72. The van der Waals surface area contributed by atoms with Crippen LogP contribution in [0.25, 0.3) is 5.65 Å². The van der Waals surface area contributed by atoms with Gasteiger partial charge in [0, 0.05) is 25.5 Å². The summed E-state index contributed by atoms with van der Waals surface area (Å²) in [5.41, 5.74) is 0.875. The number of nitrogens with zero attached hydrogens (tertiary/aromatic N) is 3. The molecule has 2 N–H and O–H groups in total. The zero-order valence-corrected chi connectivity index (χ0v) is 11.3. The van der Waals surface area contributed by atoms with Crippen LogP contribution >= 0.6 is 0 Å². The van der Waals surface area contributed by atoms with Crippen LogP contribution < -0.4 is 10.6 Å². The molecule has 0 radical (unpaired) electrons. The highest BCUT2D eigenvalue weighted by atomic mass is 15.1. The van der Waals surface area contributed by atoms with Crippen molar-refractivity contribution in [3.63, 3.8) is 0 Å². The zero-order chi connectivity index (χ0) is 13.0. The van der Waals surface area contributed by atoms with Crippen LogP contribution in [0.1, 0.15) is 27.2 Å². The molecule has 5 nitrogen and oxygen atoms in total. The monoisotopic (exact) mass is 247 g/mol. The zero-order valence-electron chi connectivity index (χ0n) is 11.3. The quantitative estimate of drug-likeness (QED) is 0.824. The molecule has 18 heavy (non-hydrogen) atoms. The highest BCUT2D eigenvalue weighted by molar-refractivity contribution is 5.65. The molecule has 2 rings (SSSR count). The van der Waals surface area contributed by atoms with E-state index in [0.717, 1.165) is 36.8 Å². The molecule has 0 bridgehead atoms. The Morgan fingerprint density at radius 2 is 2.17 bits per heavy atom. The van der Waals surface area contributed by atoms with Crippen LogP contribution in [0.2, 0.25) is 0 Å². The van der Waals surface area contributed by atoms with Gasteiger partial charge in [-0.05, 0) is 12.8 Å². The molecule has 98 valence electrons. The number of hydrogen-bond donors (Lipinski definition) is 2. The average molecular weight is 247 g/mol. The first-order chi connectivity index (χ1) is 8.74. The standard InChI is InChI=1S/C13H21N5/c1-4-10(3)8-16-12-13-15-6-7-18(13)9-11(17-12)14-5-2/h6-7,9-10,14H,4-5,8H2,1-3H3,(H,16,17). The second-order valence-electron chi connectivity index (χ2n) is 4.56. The third-order valence-corrected chi connectivity index (χ3v) is 3.05. The first kappa shape index (κ1) is 12.7. The van der Waals surface area contributed by atoms with Gasteiger partial charge in [0.25, 0.3) is 0 Å². The van der Waals surface area contributed by atoms with Gasteiger partial charge in [0.1, 0.15) is 5.82 Å². The maximum Gasteiger partial charge on any atom is 0.180 e. The van der Waals surface area contributed by atoms with E-state index in [1.165, 1.54) is 0 Å². The molecule has 1 atom stereocenters. The van der Waals surface area contributed by atoms with E-state index < -0.39 is 0 Å². The molecule has 2 aromatic heterocycles. The van der Waals surface area contributed by atoms with Crippen molar-refractivity contribution in [2.45, 2.75) is 27.2 Å². The summed E-state index contributed by atoms with van der Waals surface area (Å²) in [6, 6.07) is 0. The van der Waals surface area contributed by atoms with Gasteiger partial charge < -0.3 is 15.0 Å². The van der Waals surface area contributed by atoms with Crippen LogP contribution in [0.5, 0.6) is 0 Å². The molecular formula is C13H21N5. The second kappa shape index (κ2) is 5.71. The molecule has 0 aliphatic heterocycles. The maximum atomic E-state index is 4.56. The van der Waals surface area contributed by atoms with Gasteiger partial charge in [0.2, 0.25) is 0 Å². The lowest BCUT2D eigenvalue weighted by atomic mass is 10.1. The minimum Gasteiger partial charge on any atom is -0.369 e. The van der Waals surface area contributed by atoms with Gasteiger partial charge in [0.15, 0.2) is 11.5 Å². The highest BCUT2D eigenvalue weighted by Gasteiger charge is 2.08. The summed E-state index contributed by atoms with van der Waals surface area (Å²) in [6.07, 6.45) is 6.85. The number of aromatic nitrogens is 3. The topological polar surface area (TPSA) is 54.2 Å². The molecule has 0 amide bonds. The number of nitrogens with one attached hydrogen (secondary N) is 2. The van der Waals surface area contributed by atoms with Gasteiger partial charge in [-0.2, -0.15) is 0 Å². The maximum absolute atomic E-state index is 4.56. The van der Waals surface area contributed by atoms with Crippen molar-refractivity contribution in [2.24, 2.45) is 5.92 Å². The number of fused-ring (bicyclic) bond motifs is 1. The molecule has 2 aromatic rings. The van der Waals surface area contributed by atoms with E-state index in [-0.39, 0.29) is 0 Å². The Morgan fingerprint density at radius 3 is 2.89 bits per heavy atom. The first-order valence-electron chi connectivity index (χ1n) is 6.56. The molecule has 0 aliphatic rings. The van der Waals surface area contributed by atoms with Crippen LogP contribution in [0.15, 0.2) is 18.6 Å². The predicted molar refractivity (Wildman–Crippen MR) is 75.1 cm³/mol. The smallest absolute Gasteiger partial charge is 0.180 e. The van der Waals surface area contributed by atoms with Gasteiger partial charge in [-0.25, -0.2) is 9.97 Å². The molecule has 1 unspecified atom stereocenters. The van der Waals surface area contributed by atoms with Crippen molar-refractivity contribution in [3.8, 4) is 0 Å². The molecule has 0 aromatic carbocycles. The molecule has 2 heterocycles. The van der Waals surface area contributed by atoms with Crippen LogP contribution in [0.3, 0.4) is 0 Å². The molecule has 0 spiro atoms. The molecule has 5 heteroatoms. The minimum atomic E-state index is 0.629. The average Bonchev–Trinajstić information content (AvgIpc) is 2.84. The van der Waals surface area contributed by atoms with Crippen molar-refractivity contribution in [3.05, 3.63) is 18.6 Å². The fourth-order valence-electron chi connectivity index (χ4n) is 1.73. The predicted octanol–water partition coefficient (Wildman–Crippen LogP) is 2.62. The summed E-state index contributed by atoms with van der Waals surface area (Å²) in [4.78, 5) is 8.90. The van der Waals surface area contributed by atoms with Gasteiger partial charge in [-0.3, -0.25) is 0 Å². The Morgan fingerprint density at radius 1 is 1.33 bits per heavy atom. The number of imidazole rings is 1. The second-order valence-corrected chi connectivity index (χ2v) is 4.56. The van der Waals surface area contributed by atoms with Crippen molar-refractivity contribution >= 4 is 17.3 Å². The van der Waals surface area contributed by atoms with Gasteiger partial charge in [-0.1, -0.05) is 20.3 Å². The lowest BCUT2D eigenvalue weighted by Crippen LogP contribution is -2.13. The van der Waals surface area contributed by atoms with E-state index in [1.54, 1.807) is 6.20 Å². The van der Waals surface area contributed by atoms with Crippen LogP contribution in [-0.4, -0.2) is 27.5 Å². The first-order valence-corrected chi connectivity index (χ1v) is 6.56. The normalized spacial score (nSPS) is 12.6. The van der Waals surface area contributed by atoms with E-state index in [9.17, 15) is 0 Å². The molecular weight excluding hydrogens is 226 g/mol. The number of rotatable bonds is 6. The van der Waals surface area contributed by atoms with Crippen molar-refractivity contribution in [2.75, 3.05) is 23.7 Å². The molecule has 0 fully saturated rings. The van der Waals surface area contributed by atoms with E-state index in [2.05, 4.69) is 41.4 Å². The molecule has 0 aliphatic carbocycles. The van der Waals surface area contributed by atoms with Crippen molar-refractivity contribution < 1.29 is 0 Å². The summed E-state index contributed by atoms with van der Waals surface area (Å²) in [7, 11) is 0. The Hall–Kier alpha value is -1.78. The van der Waals surface area contributed by atoms with Crippen LogP contribution in [0.4, 0.5) is 11.6 Å². The Balaban J connectivity index is 2.25. The Labute approximate surface area is 108 Å². The van der Waals surface area contributed by atoms with Crippen molar-refractivity contribution in [1.29, 1.82) is 0 Å². The summed E-state index contributed by atoms with van der Waals surface area (Å²) < 4.78 is 1.99. The van der Waals surface area contributed by atoms with Gasteiger partial charge in [-0.15, -0.1) is 0 Å². The van der Waals surface area contributed by atoms with E-state index in [4.69, 9.17) is 0 Å². The van der Waals surface area contributed by atoms with Crippen molar-refractivity contribution in [1.82, 2.24) is 14.4 Å². The molecule has 0 saturated heterocycles. The lowest BCUT2D eigenvalue weighted by Gasteiger charge is -2.13. The summed E-state index contributed by atoms with van der Waals surface area (Å²) in [6.45, 7) is 8.26. The van der Waals surface area contributed by atoms with Crippen LogP contribution in [0, 0.1) is 5.92 Å². The van der Waals surface area contributed by atoms with Gasteiger partial charge in [0.05, 0.1) is 6.20 Å². The fraction of sp³-hybridized carbons (Fsp3) is 0.538. The summed E-state index contributed by atoms with van der Waals surface area (Å²) in [5.74, 6) is 2.35. The van der Waals surface area contributed by atoms with Crippen LogP contribution in [-0.2, 0) is 0 Å². The Bertz CT molecular complexity index is 505. The SMILES string of the molecule is CCNc1cn2ccnc2c(NCC(C)CC)n1. The van der Waals surface area contributed by atoms with E-state index >= 15 is 0 Å². The largest absolute Gasteiger partial charge is 0.369 e. The number of hydrogen-bond acceptors (Lipinski definition) is 4. The fourth-order valence-corrected chi connectivity index (χ4v) is 1.73. The minimum absolute atomic E-state index is 0.629. The number of anilines is 2. The van der Waals surface area contributed by atoms with E-state index in [1.807, 2.05) is 16.8 Å². The van der Waals surface area contributed by atoms with E-state index in [0.29, 0.717) is 5.92 Å². The summed E-state index contributed by atoms with van der Waals surface area (Å²) >= 11 is 0. The Kier molecular flexibility index (Phi) is 4.02. The summed E-state index contributed by atoms with van der Waals surface area (Å²) in [5, 5.41) is 6.62. The highest BCUT2D eigenvalue weighted by Crippen LogP contribution is 2.17. The van der Waals surface area contributed by atoms with Gasteiger partial charge >= 0.3 is 0 Å². The third-order valence-electron chi connectivity index (χ3n) is 3.05. The lowest BCUT2D eigenvalue weighted by molar-refractivity contribution is 0.592. The molecule has 0 saturated carbocycles.